The number of hydrogen-bond acceptors (Lipinski definition) is 4. The van der Waals surface area contributed by atoms with Crippen LogP contribution in [-0.2, 0) is 12.1 Å². The number of hydrogen-bond donors (Lipinski definition) is 1. The lowest BCUT2D eigenvalue weighted by atomic mass is 9.84. The highest BCUT2D eigenvalue weighted by molar-refractivity contribution is 5.22. The van der Waals surface area contributed by atoms with Crippen LogP contribution in [0.25, 0.3) is 0 Å². The minimum absolute atomic E-state index is 0.662. The van der Waals surface area contributed by atoms with E-state index in [1.54, 1.807) is 12.7 Å². The molecule has 1 aliphatic rings. The molecule has 5 nitrogen and oxygen atoms in total. The Bertz CT molecular complexity index is 518. The van der Waals surface area contributed by atoms with E-state index in [0.717, 1.165) is 44.6 Å². The Balaban J connectivity index is 1.54. The van der Waals surface area contributed by atoms with Crippen molar-refractivity contribution >= 4 is 0 Å². The molecule has 3 rings (SSSR count). The summed E-state index contributed by atoms with van der Waals surface area (Å²) in [6.45, 7) is 3.64. The third-order valence-corrected chi connectivity index (χ3v) is 4.11. The number of rotatable bonds is 4. The Morgan fingerprint density at radius 2 is 1.85 bits per heavy atom. The Hall–Kier alpha value is -1.72. The molecule has 0 atom stereocenters. The molecule has 1 aliphatic heterocycles. The van der Waals surface area contributed by atoms with Crippen LogP contribution in [0.1, 0.15) is 18.4 Å². The molecule has 0 spiro atoms. The Kier molecular flexibility index (Phi) is 3.80. The molecule has 5 heteroatoms. The molecule has 0 bridgehead atoms. The third-order valence-electron chi connectivity index (χ3n) is 4.11. The lowest BCUT2D eigenvalue weighted by Gasteiger charge is -2.38. The van der Waals surface area contributed by atoms with Crippen LogP contribution in [0.3, 0.4) is 0 Å². The molecule has 0 amide bonds. The standard InChI is InChI=1S/C15H20N4O/c20-15(14-4-2-1-3-5-14)6-8-18(9-7-15)10-11-19-13-16-12-17-19/h1-5,12-13,20H,6-11H2. The van der Waals surface area contributed by atoms with Crippen LogP contribution >= 0.6 is 0 Å². The average molecular weight is 272 g/mol. The van der Waals surface area contributed by atoms with Gasteiger partial charge in [-0.2, -0.15) is 5.10 Å². The SMILES string of the molecule is OC1(c2ccccc2)CCN(CCn2cncn2)CC1. The maximum Gasteiger partial charge on any atom is 0.137 e. The van der Waals surface area contributed by atoms with Crippen molar-refractivity contribution in [2.24, 2.45) is 0 Å². The van der Waals surface area contributed by atoms with E-state index < -0.39 is 5.60 Å². The second-order valence-corrected chi connectivity index (χ2v) is 5.40. The number of likely N-dealkylation sites (tertiary alicyclic amines) is 1. The molecule has 106 valence electrons. The zero-order valence-electron chi connectivity index (χ0n) is 11.5. The molecule has 1 aromatic carbocycles. The van der Waals surface area contributed by atoms with E-state index in [2.05, 4.69) is 15.0 Å². The van der Waals surface area contributed by atoms with Crippen molar-refractivity contribution in [3.05, 3.63) is 48.5 Å². The van der Waals surface area contributed by atoms with Gasteiger partial charge in [0.25, 0.3) is 0 Å². The topological polar surface area (TPSA) is 54.2 Å². The van der Waals surface area contributed by atoms with Crippen molar-refractivity contribution in [1.82, 2.24) is 19.7 Å². The highest BCUT2D eigenvalue weighted by Gasteiger charge is 2.33. The first-order valence-corrected chi connectivity index (χ1v) is 7.09. The predicted molar refractivity (Wildman–Crippen MR) is 76.0 cm³/mol. The summed E-state index contributed by atoms with van der Waals surface area (Å²) in [4.78, 5) is 6.32. The molecular weight excluding hydrogens is 252 g/mol. The van der Waals surface area contributed by atoms with Crippen molar-refractivity contribution in [1.29, 1.82) is 0 Å². The quantitative estimate of drug-likeness (QED) is 0.910. The number of benzene rings is 1. The molecule has 2 heterocycles. The molecule has 1 fully saturated rings. The van der Waals surface area contributed by atoms with Crippen molar-refractivity contribution < 1.29 is 5.11 Å². The van der Waals surface area contributed by atoms with E-state index in [-0.39, 0.29) is 0 Å². The van der Waals surface area contributed by atoms with Crippen molar-refractivity contribution in [2.75, 3.05) is 19.6 Å². The first kappa shape index (κ1) is 13.3. The molecule has 0 unspecified atom stereocenters. The van der Waals surface area contributed by atoms with Crippen LogP contribution < -0.4 is 0 Å². The molecule has 0 aliphatic carbocycles. The largest absolute Gasteiger partial charge is 0.385 e. The fraction of sp³-hybridized carbons (Fsp3) is 0.467. The Morgan fingerprint density at radius 3 is 2.50 bits per heavy atom. The van der Waals surface area contributed by atoms with Gasteiger partial charge in [-0.3, -0.25) is 4.68 Å². The zero-order chi connectivity index (χ0) is 13.8. The number of nitrogens with zero attached hydrogens (tertiary/aromatic N) is 4. The van der Waals surface area contributed by atoms with Crippen molar-refractivity contribution in [2.45, 2.75) is 25.0 Å². The Morgan fingerprint density at radius 1 is 1.10 bits per heavy atom. The van der Waals surface area contributed by atoms with Gasteiger partial charge in [0, 0.05) is 19.6 Å². The summed E-state index contributed by atoms with van der Waals surface area (Å²) in [6, 6.07) is 10.0. The van der Waals surface area contributed by atoms with Crippen LogP contribution in [0.5, 0.6) is 0 Å². The van der Waals surface area contributed by atoms with E-state index in [1.807, 2.05) is 35.0 Å². The minimum atomic E-state index is -0.662. The summed E-state index contributed by atoms with van der Waals surface area (Å²) in [5.74, 6) is 0. The normalized spacial score (nSPS) is 19.1. The summed E-state index contributed by atoms with van der Waals surface area (Å²) in [7, 11) is 0. The van der Waals surface area contributed by atoms with Crippen LogP contribution in [-0.4, -0.2) is 44.4 Å². The first-order chi connectivity index (χ1) is 9.76. The molecule has 1 N–H and O–H groups in total. The monoisotopic (exact) mass is 272 g/mol. The zero-order valence-corrected chi connectivity index (χ0v) is 11.5. The summed E-state index contributed by atoms with van der Waals surface area (Å²) in [6.07, 6.45) is 4.87. The second kappa shape index (κ2) is 5.73. The number of aromatic nitrogens is 3. The fourth-order valence-corrected chi connectivity index (χ4v) is 2.78. The highest BCUT2D eigenvalue weighted by Crippen LogP contribution is 2.32. The summed E-state index contributed by atoms with van der Waals surface area (Å²) in [5, 5.41) is 14.9. The second-order valence-electron chi connectivity index (χ2n) is 5.40. The molecule has 2 aromatic rings. The number of aliphatic hydroxyl groups is 1. The molecule has 0 radical (unpaired) electrons. The fourth-order valence-electron chi connectivity index (χ4n) is 2.78. The van der Waals surface area contributed by atoms with Gasteiger partial charge in [0.1, 0.15) is 12.7 Å². The van der Waals surface area contributed by atoms with Gasteiger partial charge >= 0.3 is 0 Å². The van der Waals surface area contributed by atoms with E-state index in [9.17, 15) is 5.11 Å². The van der Waals surface area contributed by atoms with Gasteiger partial charge in [0.05, 0.1) is 12.1 Å². The number of piperidine rings is 1. The van der Waals surface area contributed by atoms with Gasteiger partial charge in [-0.05, 0) is 18.4 Å². The van der Waals surface area contributed by atoms with Crippen molar-refractivity contribution in [3.63, 3.8) is 0 Å². The predicted octanol–water partition coefficient (Wildman–Crippen LogP) is 1.26. The molecule has 1 aromatic heterocycles. The van der Waals surface area contributed by atoms with E-state index in [0.29, 0.717) is 0 Å². The minimum Gasteiger partial charge on any atom is -0.385 e. The van der Waals surface area contributed by atoms with Gasteiger partial charge in [0.15, 0.2) is 0 Å². The highest BCUT2D eigenvalue weighted by atomic mass is 16.3. The molecule has 1 saturated heterocycles. The van der Waals surface area contributed by atoms with Gasteiger partial charge < -0.3 is 10.0 Å². The van der Waals surface area contributed by atoms with Gasteiger partial charge in [-0.15, -0.1) is 0 Å². The van der Waals surface area contributed by atoms with Gasteiger partial charge in [0.2, 0.25) is 0 Å². The Labute approximate surface area is 118 Å². The van der Waals surface area contributed by atoms with Gasteiger partial charge in [-0.25, -0.2) is 4.98 Å². The summed E-state index contributed by atoms with van der Waals surface area (Å²) < 4.78 is 1.85. The van der Waals surface area contributed by atoms with Crippen LogP contribution in [0.2, 0.25) is 0 Å². The smallest absolute Gasteiger partial charge is 0.137 e. The molecule has 20 heavy (non-hydrogen) atoms. The van der Waals surface area contributed by atoms with Gasteiger partial charge in [-0.1, -0.05) is 30.3 Å². The van der Waals surface area contributed by atoms with Crippen LogP contribution in [0, 0.1) is 0 Å². The third kappa shape index (κ3) is 2.89. The van der Waals surface area contributed by atoms with E-state index in [4.69, 9.17) is 0 Å². The van der Waals surface area contributed by atoms with E-state index >= 15 is 0 Å². The van der Waals surface area contributed by atoms with E-state index in [1.165, 1.54) is 0 Å². The first-order valence-electron chi connectivity index (χ1n) is 7.09. The lowest BCUT2D eigenvalue weighted by molar-refractivity contribution is -0.0265. The molecule has 0 saturated carbocycles. The van der Waals surface area contributed by atoms with Crippen molar-refractivity contribution in [3.8, 4) is 0 Å². The maximum absolute atomic E-state index is 10.8. The summed E-state index contributed by atoms with van der Waals surface area (Å²) >= 11 is 0. The summed E-state index contributed by atoms with van der Waals surface area (Å²) in [5.41, 5.74) is 0.376. The lowest BCUT2D eigenvalue weighted by Crippen LogP contribution is -2.43. The van der Waals surface area contributed by atoms with Crippen LogP contribution in [0.15, 0.2) is 43.0 Å². The molecular formula is C15H20N4O. The average Bonchev–Trinajstić information content (AvgIpc) is 3.01. The van der Waals surface area contributed by atoms with Crippen LogP contribution in [0.4, 0.5) is 0 Å². The maximum atomic E-state index is 10.8.